The molecule has 1 aliphatic heterocycles. The zero-order valence-electron chi connectivity index (χ0n) is 14.7. The number of para-hydroxylation sites is 1. The molecule has 0 aromatic heterocycles. The highest BCUT2D eigenvalue weighted by Gasteiger charge is 2.30. The number of methoxy groups -OCH3 is 1. The molecule has 130 valence electrons. The molecular formula is C20H22N2O3. The number of fused-ring (bicyclic) bond motifs is 1. The van der Waals surface area contributed by atoms with Crippen LogP contribution in [0.3, 0.4) is 0 Å². The summed E-state index contributed by atoms with van der Waals surface area (Å²) in [5.74, 6) is -0.428. The molecule has 25 heavy (non-hydrogen) atoms. The van der Waals surface area contributed by atoms with Gasteiger partial charge in [0.25, 0.3) is 0 Å². The Labute approximate surface area is 147 Å². The third-order valence-corrected chi connectivity index (χ3v) is 4.57. The Hall–Kier alpha value is -2.82. The number of anilines is 2. The largest absolute Gasteiger partial charge is 0.465 e. The standard InChI is InChI=1S/C20H22N2O3/c1-13-7-6-9-16(19(13)20(24)25-3)21-12-18(23)22-14(2)11-15-8-4-5-10-17(15)22/h4-10,14,21H,11-12H2,1-3H3/t14-/m1/s1. The van der Waals surface area contributed by atoms with Gasteiger partial charge in [0.15, 0.2) is 0 Å². The zero-order chi connectivity index (χ0) is 18.0. The number of ether oxygens (including phenoxy) is 1. The van der Waals surface area contributed by atoms with Crippen molar-refractivity contribution in [3.05, 3.63) is 59.2 Å². The minimum atomic E-state index is -0.409. The fraction of sp³-hybridized carbons (Fsp3) is 0.300. The molecule has 0 aliphatic carbocycles. The lowest BCUT2D eigenvalue weighted by molar-refractivity contribution is -0.117. The van der Waals surface area contributed by atoms with E-state index < -0.39 is 5.97 Å². The third-order valence-electron chi connectivity index (χ3n) is 4.57. The van der Waals surface area contributed by atoms with Gasteiger partial charge in [-0.2, -0.15) is 0 Å². The van der Waals surface area contributed by atoms with Crippen molar-refractivity contribution in [1.82, 2.24) is 0 Å². The average molecular weight is 338 g/mol. The second-order valence-electron chi connectivity index (χ2n) is 6.29. The van der Waals surface area contributed by atoms with Crippen molar-refractivity contribution >= 4 is 23.3 Å². The first-order valence-corrected chi connectivity index (χ1v) is 8.34. The second kappa shape index (κ2) is 6.97. The molecule has 5 nitrogen and oxygen atoms in total. The topological polar surface area (TPSA) is 58.6 Å². The van der Waals surface area contributed by atoms with Gasteiger partial charge < -0.3 is 15.0 Å². The summed E-state index contributed by atoms with van der Waals surface area (Å²) >= 11 is 0. The van der Waals surface area contributed by atoms with Gasteiger partial charge in [0.1, 0.15) is 0 Å². The SMILES string of the molecule is COC(=O)c1c(C)cccc1NCC(=O)N1c2ccccc2C[C@H]1C. The van der Waals surface area contributed by atoms with E-state index in [1.54, 1.807) is 6.07 Å². The Morgan fingerprint density at radius 1 is 1.20 bits per heavy atom. The molecule has 0 saturated carbocycles. The highest BCUT2D eigenvalue weighted by atomic mass is 16.5. The van der Waals surface area contributed by atoms with E-state index in [4.69, 9.17) is 4.74 Å². The van der Waals surface area contributed by atoms with Crippen molar-refractivity contribution in [2.24, 2.45) is 0 Å². The number of esters is 1. The molecule has 1 atom stereocenters. The first kappa shape index (κ1) is 17.0. The molecule has 0 radical (unpaired) electrons. The fourth-order valence-corrected chi connectivity index (χ4v) is 3.39. The lowest BCUT2D eigenvalue weighted by Crippen LogP contribution is -2.39. The molecule has 0 saturated heterocycles. The molecule has 0 spiro atoms. The Morgan fingerprint density at radius 3 is 2.72 bits per heavy atom. The van der Waals surface area contributed by atoms with Crippen molar-refractivity contribution < 1.29 is 14.3 Å². The van der Waals surface area contributed by atoms with Crippen LogP contribution in [0.2, 0.25) is 0 Å². The summed E-state index contributed by atoms with van der Waals surface area (Å²) in [7, 11) is 1.35. The number of hydrogen-bond donors (Lipinski definition) is 1. The zero-order valence-corrected chi connectivity index (χ0v) is 14.7. The van der Waals surface area contributed by atoms with Gasteiger partial charge in [-0.25, -0.2) is 4.79 Å². The van der Waals surface area contributed by atoms with Crippen LogP contribution in [-0.4, -0.2) is 31.6 Å². The van der Waals surface area contributed by atoms with Crippen LogP contribution in [0.1, 0.15) is 28.4 Å². The van der Waals surface area contributed by atoms with Crippen molar-refractivity contribution in [3.63, 3.8) is 0 Å². The molecular weight excluding hydrogens is 316 g/mol. The van der Waals surface area contributed by atoms with Crippen LogP contribution in [0, 0.1) is 6.92 Å². The van der Waals surface area contributed by atoms with Gasteiger partial charge in [-0.1, -0.05) is 30.3 Å². The maximum absolute atomic E-state index is 12.8. The van der Waals surface area contributed by atoms with E-state index in [1.165, 1.54) is 12.7 Å². The van der Waals surface area contributed by atoms with E-state index in [2.05, 4.69) is 11.4 Å². The van der Waals surface area contributed by atoms with Gasteiger partial charge in [0.2, 0.25) is 5.91 Å². The molecule has 1 heterocycles. The average Bonchev–Trinajstić information content (AvgIpc) is 2.94. The van der Waals surface area contributed by atoms with Crippen molar-refractivity contribution in [2.75, 3.05) is 23.9 Å². The summed E-state index contributed by atoms with van der Waals surface area (Å²) in [5, 5.41) is 3.11. The predicted octanol–water partition coefficient (Wildman–Crippen LogP) is 3.17. The fourth-order valence-electron chi connectivity index (χ4n) is 3.39. The maximum Gasteiger partial charge on any atom is 0.340 e. The van der Waals surface area contributed by atoms with Gasteiger partial charge >= 0.3 is 5.97 Å². The maximum atomic E-state index is 12.8. The summed E-state index contributed by atoms with van der Waals surface area (Å²) in [4.78, 5) is 26.6. The minimum absolute atomic E-state index is 0.0187. The summed E-state index contributed by atoms with van der Waals surface area (Å²) in [6.45, 7) is 4.01. The number of nitrogens with one attached hydrogen (secondary N) is 1. The lowest BCUT2D eigenvalue weighted by atomic mass is 10.1. The van der Waals surface area contributed by atoms with Crippen molar-refractivity contribution in [1.29, 1.82) is 0 Å². The van der Waals surface area contributed by atoms with Gasteiger partial charge in [0.05, 0.1) is 19.2 Å². The number of carbonyl (C=O) groups is 2. The number of benzene rings is 2. The quantitative estimate of drug-likeness (QED) is 0.870. The normalized spacial score (nSPS) is 15.6. The smallest absolute Gasteiger partial charge is 0.340 e. The summed E-state index contributed by atoms with van der Waals surface area (Å²) in [5.41, 5.74) is 4.05. The number of aryl methyl sites for hydroxylation is 1. The van der Waals surface area contributed by atoms with Crippen LogP contribution >= 0.6 is 0 Å². The number of carbonyl (C=O) groups excluding carboxylic acids is 2. The monoisotopic (exact) mass is 338 g/mol. The van der Waals surface area contributed by atoms with Gasteiger partial charge in [0, 0.05) is 17.4 Å². The molecule has 2 aromatic rings. The first-order chi connectivity index (χ1) is 12.0. The van der Waals surface area contributed by atoms with E-state index in [0.717, 1.165) is 17.7 Å². The van der Waals surface area contributed by atoms with Crippen LogP contribution in [0.5, 0.6) is 0 Å². The first-order valence-electron chi connectivity index (χ1n) is 8.34. The Kier molecular flexibility index (Phi) is 4.74. The number of rotatable bonds is 4. The number of hydrogen-bond acceptors (Lipinski definition) is 4. The summed E-state index contributed by atoms with van der Waals surface area (Å²) in [6.07, 6.45) is 0.861. The molecule has 3 rings (SSSR count). The van der Waals surface area contributed by atoms with E-state index in [-0.39, 0.29) is 18.5 Å². The van der Waals surface area contributed by atoms with Crippen molar-refractivity contribution in [3.8, 4) is 0 Å². The molecule has 0 unspecified atom stereocenters. The molecule has 2 aromatic carbocycles. The van der Waals surface area contributed by atoms with Gasteiger partial charge in [-0.05, 0) is 43.5 Å². The van der Waals surface area contributed by atoms with Crippen LogP contribution in [0.15, 0.2) is 42.5 Å². The lowest BCUT2D eigenvalue weighted by Gasteiger charge is -2.23. The van der Waals surface area contributed by atoms with E-state index >= 15 is 0 Å². The second-order valence-corrected chi connectivity index (χ2v) is 6.29. The van der Waals surface area contributed by atoms with E-state index in [1.807, 2.05) is 49.1 Å². The number of amides is 1. The molecule has 0 bridgehead atoms. The summed E-state index contributed by atoms with van der Waals surface area (Å²) in [6, 6.07) is 13.6. The highest BCUT2D eigenvalue weighted by molar-refractivity contribution is 6.01. The third kappa shape index (κ3) is 3.22. The molecule has 1 N–H and O–H groups in total. The minimum Gasteiger partial charge on any atom is -0.465 e. The van der Waals surface area contributed by atoms with Gasteiger partial charge in [-0.3, -0.25) is 4.79 Å². The van der Waals surface area contributed by atoms with E-state index in [9.17, 15) is 9.59 Å². The van der Waals surface area contributed by atoms with Crippen LogP contribution in [-0.2, 0) is 16.0 Å². The van der Waals surface area contributed by atoms with Crippen LogP contribution in [0.4, 0.5) is 11.4 Å². The Bertz CT molecular complexity index is 816. The highest BCUT2D eigenvalue weighted by Crippen LogP contribution is 2.32. The molecule has 0 fully saturated rings. The van der Waals surface area contributed by atoms with E-state index in [0.29, 0.717) is 11.3 Å². The molecule has 1 amide bonds. The molecule has 1 aliphatic rings. The van der Waals surface area contributed by atoms with Crippen LogP contribution < -0.4 is 10.2 Å². The van der Waals surface area contributed by atoms with Crippen molar-refractivity contribution in [2.45, 2.75) is 26.3 Å². The van der Waals surface area contributed by atoms with Gasteiger partial charge in [-0.15, -0.1) is 0 Å². The number of nitrogens with zero attached hydrogens (tertiary/aromatic N) is 1. The predicted molar refractivity (Wildman–Crippen MR) is 98.1 cm³/mol. The Balaban J connectivity index is 1.78. The molecule has 5 heteroatoms. The summed E-state index contributed by atoms with van der Waals surface area (Å²) < 4.78 is 4.85. The van der Waals surface area contributed by atoms with Crippen LogP contribution in [0.25, 0.3) is 0 Å². The Morgan fingerprint density at radius 2 is 1.96 bits per heavy atom.